The molecule has 1 N–H and O–H groups in total. The van der Waals surface area contributed by atoms with Crippen LogP contribution in [0.5, 0.6) is 5.75 Å². The number of methoxy groups -OCH3 is 1. The molecular weight excluding hydrogens is 222 g/mol. The third-order valence-corrected chi connectivity index (χ3v) is 3.60. The maximum atomic E-state index is 6.15. The first-order chi connectivity index (χ1) is 7.72. The second kappa shape index (κ2) is 5.07. The first-order valence-corrected chi connectivity index (χ1v) is 6.13. The van der Waals surface area contributed by atoms with Crippen molar-refractivity contribution in [3.8, 4) is 5.75 Å². The van der Waals surface area contributed by atoms with E-state index in [1.54, 1.807) is 7.11 Å². The molecule has 1 aromatic rings. The van der Waals surface area contributed by atoms with Crippen LogP contribution >= 0.6 is 11.6 Å². The van der Waals surface area contributed by atoms with E-state index in [1.165, 1.54) is 17.5 Å². The second-order valence-corrected chi connectivity index (χ2v) is 4.85. The molecule has 2 rings (SSSR count). The monoisotopic (exact) mass is 239 g/mol. The SMILES string of the molecule is COc1c(Cl)ccc(C)c1CC1CCNC1. The Morgan fingerprint density at radius 1 is 1.50 bits per heavy atom. The molecule has 2 nitrogen and oxygen atoms in total. The van der Waals surface area contributed by atoms with Gasteiger partial charge >= 0.3 is 0 Å². The first-order valence-electron chi connectivity index (χ1n) is 5.75. The standard InChI is InChI=1S/C13H18ClNO/c1-9-3-4-12(14)13(16-2)11(9)7-10-5-6-15-8-10/h3-4,10,15H,5-8H2,1-2H3. The number of hydrogen-bond donors (Lipinski definition) is 1. The molecule has 1 aromatic carbocycles. The van der Waals surface area contributed by atoms with Gasteiger partial charge in [-0.3, -0.25) is 0 Å². The summed E-state index contributed by atoms with van der Waals surface area (Å²) in [6.45, 7) is 4.36. The van der Waals surface area contributed by atoms with Crippen molar-refractivity contribution in [2.24, 2.45) is 5.92 Å². The maximum absolute atomic E-state index is 6.15. The van der Waals surface area contributed by atoms with Gasteiger partial charge in [-0.2, -0.15) is 0 Å². The lowest BCUT2D eigenvalue weighted by molar-refractivity contribution is 0.405. The molecule has 1 unspecified atom stereocenters. The van der Waals surface area contributed by atoms with Gasteiger partial charge in [0.15, 0.2) is 0 Å². The van der Waals surface area contributed by atoms with Crippen LogP contribution in [0.2, 0.25) is 5.02 Å². The minimum absolute atomic E-state index is 0.714. The summed E-state index contributed by atoms with van der Waals surface area (Å²) in [5.41, 5.74) is 2.54. The fraction of sp³-hybridized carbons (Fsp3) is 0.538. The van der Waals surface area contributed by atoms with Gasteiger partial charge in [-0.1, -0.05) is 17.7 Å². The molecule has 1 aliphatic rings. The fourth-order valence-electron chi connectivity index (χ4n) is 2.35. The molecule has 1 atom stereocenters. The van der Waals surface area contributed by atoms with Crippen molar-refractivity contribution in [3.05, 3.63) is 28.3 Å². The van der Waals surface area contributed by atoms with Crippen LogP contribution in [0.15, 0.2) is 12.1 Å². The average molecular weight is 240 g/mol. The van der Waals surface area contributed by atoms with Gasteiger partial charge in [-0.15, -0.1) is 0 Å². The zero-order valence-electron chi connectivity index (χ0n) is 9.85. The molecule has 88 valence electrons. The largest absolute Gasteiger partial charge is 0.495 e. The van der Waals surface area contributed by atoms with Gasteiger partial charge in [0.05, 0.1) is 12.1 Å². The van der Waals surface area contributed by atoms with E-state index < -0.39 is 0 Å². The summed E-state index contributed by atoms with van der Waals surface area (Å²) in [5, 5.41) is 4.11. The first kappa shape index (κ1) is 11.7. The third-order valence-electron chi connectivity index (χ3n) is 3.31. The molecule has 1 saturated heterocycles. The molecule has 0 saturated carbocycles. The van der Waals surface area contributed by atoms with Crippen molar-refractivity contribution in [3.63, 3.8) is 0 Å². The van der Waals surface area contributed by atoms with Crippen molar-refractivity contribution < 1.29 is 4.74 Å². The van der Waals surface area contributed by atoms with Gasteiger partial charge in [0.1, 0.15) is 5.75 Å². The van der Waals surface area contributed by atoms with Crippen LogP contribution in [-0.4, -0.2) is 20.2 Å². The smallest absolute Gasteiger partial charge is 0.140 e. The van der Waals surface area contributed by atoms with Crippen LogP contribution in [0.1, 0.15) is 17.5 Å². The second-order valence-electron chi connectivity index (χ2n) is 4.44. The molecule has 1 fully saturated rings. The Morgan fingerprint density at radius 3 is 2.94 bits per heavy atom. The highest BCUT2D eigenvalue weighted by molar-refractivity contribution is 6.32. The molecule has 1 aliphatic heterocycles. The zero-order chi connectivity index (χ0) is 11.5. The number of ether oxygens (including phenoxy) is 1. The topological polar surface area (TPSA) is 21.3 Å². The molecule has 0 spiro atoms. The lowest BCUT2D eigenvalue weighted by Crippen LogP contribution is -2.12. The van der Waals surface area contributed by atoms with Crippen LogP contribution in [-0.2, 0) is 6.42 Å². The van der Waals surface area contributed by atoms with Crippen LogP contribution in [0.3, 0.4) is 0 Å². The normalized spacial score (nSPS) is 20.1. The van der Waals surface area contributed by atoms with Crippen LogP contribution < -0.4 is 10.1 Å². The fourth-order valence-corrected chi connectivity index (χ4v) is 2.60. The van der Waals surface area contributed by atoms with Crippen LogP contribution in [0, 0.1) is 12.8 Å². The van der Waals surface area contributed by atoms with E-state index in [0.717, 1.165) is 25.3 Å². The summed E-state index contributed by atoms with van der Waals surface area (Å²) in [6, 6.07) is 3.98. The predicted octanol–water partition coefficient (Wildman–Crippen LogP) is 2.81. The minimum atomic E-state index is 0.714. The Balaban J connectivity index is 2.26. The van der Waals surface area contributed by atoms with Gasteiger partial charge in [-0.05, 0) is 56.0 Å². The van der Waals surface area contributed by atoms with Crippen molar-refractivity contribution in [1.82, 2.24) is 5.32 Å². The number of aryl methyl sites for hydroxylation is 1. The van der Waals surface area contributed by atoms with E-state index in [1.807, 2.05) is 6.07 Å². The number of halogens is 1. The summed E-state index contributed by atoms with van der Waals surface area (Å²) >= 11 is 6.15. The lowest BCUT2D eigenvalue weighted by Gasteiger charge is -2.16. The third kappa shape index (κ3) is 2.33. The van der Waals surface area contributed by atoms with Crippen molar-refractivity contribution in [2.45, 2.75) is 19.8 Å². The Labute approximate surface area is 102 Å². The van der Waals surface area contributed by atoms with E-state index in [4.69, 9.17) is 16.3 Å². The maximum Gasteiger partial charge on any atom is 0.140 e. The van der Waals surface area contributed by atoms with Crippen LogP contribution in [0.4, 0.5) is 0 Å². The average Bonchev–Trinajstić information content (AvgIpc) is 2.77. The molecule has 0 aliphatic carbocycles. The summed E-state index contributed by atoms with van der Waals surface area (Å²) in [4.78, 5) is 0. The number of nitrogens with one attached hydrogen (secondary N) is 1. The Kier molecular flexibility index (Phi) is 3.72. The minimum Gasteiger partial charge on any atom is -0.495 e. The molecule has 0 amide bonds. The highest BCUT2D eigenvalue weighted by Gasteiger charge is 2.19. The van der Waals surface area contributed by atoms with Gasteiger partial charge in [0.2, 0.25) is 0 Å². The van der Waals surface area contributed by atoms with E-state index in [0.29, 0.717) is 10.9 Å². The van der Waals surface area contributed by atoms with Crippen molar-refractivity contribution in [2.75, 3.05) is 20.2 Å². The molecule has 0 radical (unpaired) electrons. The molecule has 0 aromatic heterocycles. The zero-order valence-corrected chi connectivity index (χ0v) is 10.6. The van der Waals surface area contributed by atoms with E-state index in [-0.39, 0.29) is 0 Å². The summed E-state index contributed by atoms with van der Waals surface area (Å²) in [5.74, 6) is 1.57. The quantitative estimate of drug-likeness (QED) is 0.876. The Morgan fingerprint density at radius 2 is 2.31 bits per heavy atom. The van der Waals surface area contributed by atoms with Gasteiger partial charge in [0, 0.05) is 0 Å². The Bertz CT molecular complexity index is 372. The predicted molar refractivity (Wildman–Crippen MR) is 67.4 cm³/mol. The summed E-state index contributed by atoms with van der Waals surface area (Å²) in [6.07, 6.45) is 2.30. The summed E-state index contributed by atoms with van der Waals surface area (Å²) in [7, 11) is 1.69. The van der Waals surface area contributed by atoms with E-state index in [2.05, 4.69) is 18.3 Å². The number of benzene rings is 1. The molecule has 3 heteroatoms. The highest BCUT2D eigenvalue weighted by Crippen LogP contribution is 2.33. The molecule has 1 heterocycles. The van der Waals surface area contributed by atoms with E-state index >= 15 is 0 Å². The van der Waals surface area contributed by atoms with Crippen molar-refractivity contribution in [1.29, 1.82) is 0 Å². The lowest BCUT2D eigenvalue weighted by atomic mass is 9.95. The summed E-state index contributed by atoms with van der Waals surface area (Å²) < 4.78 is 5.41. The Hall–Kier alpha value is -0.730. The molecular formula is C13H18ClNO. The molecule has 16 heavy (non-hydrogen) atoms. The highest BCUT2D eigenvalue weighted by atomic mass is 35.5. The van der Waals surface area contributed by atoms with Crippen molar-refractivity contribution >= 4 is 11.6 Å². The number of hydrogen-bond acceptors (Lipinski definition) is 2. The van der Waals surface area contributed by atoms with Gasteiger partial charge in [0.25, 0.3) is 0 Å². The van der Waals surface area contributed by atoms with Gasteiger partial charge in [-0.25, -0.2) is 0 Å². The number of rotatable bonds is 3. The van der Waals surface area contributed by atoms with E-state index in [9.17, 15) is 0 Å². The molecule has 0 bridgehead atoms. The van der Waals surface area contributed by atoms with Crippen LogP contribution in [0.25, 0.3) is 0 Å². The van der Waals surface area contributed by atoms with Gasteiger partial charge < -0.3 is 10.1 Å².